The molecule has 8 heteroatoms. The van der Waals surface area contributed by atoms with Crippen molar-refractivity contribution in [1.82, 2.24) is 0 Å². The van der Waals surface area contributed by atoms with E-state index < -0.39 is 17.2 Å². The van der Waals surface area contributed by atoms with E-state index in [1.807, 2.05) is 0 Å². The first-order chi connectivity index (χ1) is 3.13. The molecule has 0 saturated heterocycles. The molecule has 0 heterocycles. The van der Waals surface area contributed by atoms with Gasteiger partial charge in [-0.1, -0.05) is 0 Å². The summed E-state index contributed by atoms with van der Waals surface area (Å²) in [6, 6.07) is 0. The van der Waals surface area contributed by atoms with E-state index in [2.05, 4.69) is 4.31 Å². The van der Waals surface area contributed by atoms with Crippen molar-refractivity contribution in [3.05, 3.63) is 0 Å². The molecule has 0 rings (SSSR count). The molecule has 0 spiro atoms. The molecular weight excluding hydrogens is 181 g/mol. The average molecular weight is 184 g/mol. The van der Waals surface area contributed by atoms with Gasteiger partial charge >= 0.3 is 60.0 Å². The molecule has 8 heavy (non-hydrogen) atoms. The van der Waals surface area contributed by atoms with Gasteiger partial charge in [0.2, 0.25) is 0 Å². The number of hydrogen-bond acceptors (Lipinski definition) is 5. The summed E-state index contributed by atoms with van der Waals surface area (Å²) in [6.45, 7) is 0. The maximum atomic E-state index is 9.43. The van der Waals surface area contributed by atoms with Crippen LogP contribution in [-0.2, 0) is 4.31 Å². The van der Waals surface area contributed by atoms with Gasteiger partial charge < -0.3 is 19.6 Å². The summed E-state index contributed by atoms with van der Waals surface area (Å²) in [5.41, 5.74) is 0. The summed E-state index contributed by atoms with van der Waals surface area (Å²) in [4.78, 5) is 32.7. The van der Waals surface area contributed by atoms with Gasteiger partial charge in [0, 0.05) is 0 Å². The zero-order chi connectivity index (χ0) is 5.86. The topological polar surface area (TPSA) is 93.0 Å². The van der Waals surface area contributed by atoms with Crippen LogP contribution in [0.25, 0.3) is 0 Å². The Balaban J connectivity index is 0. The molecule has 0 aliphatic heterocycles. The van der Waals surface area contributed by atoms with E-state index in [9.17, 15) is 4.89 Å². The Hall–Kier alpha value is 2.30. The van der Waals surface area contributed by atoms with Gasteiger partial charge in [-0.05, 0) is 0 Å². The Morgan fingerprint density at radius 3 is 1.62 bits per heavy atom. The van der Waals surface area contributed by atoms with E-state index in [1.165, 1.54) is 0 Å². The van der Waals surface area contributed by atoms with Crippen molar-refractivity contribution in [2.45, 2.75) is 0 Å². The van der Waals surface area contributed by atoms with Crippen molar-refractivity contribution in [3.63, 3.8) is 0 Å². The predicted octanol–water partition coefficient (Wildman–Crippen LogP) is -4.20. The van der Waals surface area contributed by atoms with Crippen molar-refractivity contribution in [2.24, 2.45) is 0 Å². The van der Waals surface area contributed by atoms with Crippen LogP contribution < -0.4 is 56.3 Å². The molecule has 0 radical (unpaired) electrons. The van der Waals surface area contributed by atoms with Crippen molar-refractivity contribution >= 4 is 17.2 Å². The van der Waals surface area contributed by atoms with E-state index in [1.54, 1.807) is 0 Å². The molecule has 0 aliphatic rings. The Kier molecular flexibility index (Phi) is 12.0. The van der Waals surface area contributed by atoms with Crippen LogP contribution in [0.4, 0.5) is 0 Å². The second-order valence-corrected chi connectivity index (χ2v) is 2.21. The van der Waals surface area contributed by atoms with Crippen LogP contribution in [0.5, 0.6) is 0 Å². The van der Waals surface area contributed by atoms with Crippen molar-refractivity contribution < 1.29 is 75.3 Å². The smallest absolute Gasteiger partial charge is 0.786 e. The fraction of sp³-hybridized carbons (Fsp3) is 0. The Labute approximate surface area is 91.1 Å². The van der Waals surface area contributed by atoms with E-state index in [0.29, 0.717) is 0 Å². The maximum Gasteiger partial charge on any atom is 1.00 e. The van der Waals surface area contributed by atoms with Gasteiger partial charge in [0.25, 0.3) is 0 Å². The van der Waals surface area contributed by atoms with E-state index in [4.69, 9.17) is 14.7 Å². The Bertz CT molecular complexity index is 39.7. The molecule has 0 fully saturated rings. The van der Waals surface area contributed by atoms with E-state index in [-0.39, 0.29) is 51.4 Å². The molecule has 1 unspecified atom stereocenters. The molecule has 0 saturated carbocycles. The summed E-state index contributed by atoms with van der Waals surface area (Å²) in [7, 11) is -5.53. The molecule has 5 nitrogen and oxygen atoms in total. The molecule has 0 aromatic rings. The summed E-state index contributed by atoms with van der Waals surface area (Å²) >= 11 is 0. The third-order valence-corrected chi connectivity index (χ3v) is 1.29. The Morgan fingerprint density at radius 2 is 1.62 bits per heavy atom. The average Bonchev–Trinajstić information content (AvgIpc) is 1.27. The predicted molar refractivity (Wildman–Crippen MR) is 21.6 cm³/mol. The summed E-state index contributed by atoms with van der Waals surface area (Å²) in [5, 5.41) is 0. The molecule has 0 bridgehead atoms. The van der Waals surface area contributed by atoms with E-state index in [0.717, 1.165) is 0 Å². The van der Waals surface area contributed by atoms with Gasteiger partial charge in [-0.2, -0.15) is 0 Å². The van der Waals surface area contributed by atoms with Crippen LogP contribution in [-0.4, -0.2) is 14.7 Å². The third-order valence-electron chi connectivity index (χ3n) is 0.143. The fourth-order valence-electron chi connectivity index (χ4n) is 0.0625. The van der Waals surface area contributed by atoms with Crippen LogP contribution in [0.15, 0.2) is 0 Å². The summed E-state index contributed by atoms with van der Waals surface area (Å²) in [5.74, 6) is 0. The molecule has 0 aromatic carbocycles. The molecular formula is H3KO5P2. The van der Waals surface area contributed by atoms with Crippen LogP contribution in [0.3, 0.4) is 0 Å². The van der Waals surface area contributed by atoms with Crippen molar-refractivity contribution in [3.8, 4) is 0 Å². The first-order valence-corrected chi connectivity index (χ1v) is 3.44. The quantitative estimate of drug-likeness (QED) is 0.299. The SMILES string of the molecule is [K+].[O-]P(O)OP(O)O. The van der Waals surface area contributed by atoms with Crippen LogP contribution in [0.2, 0.25) is 0 Å². The normalized spacial score (nSPS) is 13.1. The fourth-order valence-corrected chi connectivity index (χ4v) is 0.562. The van der Waals surface area contributed by atoms with E-state index >= 15 is 0 Å². The Morgan fingerprint density at radius 1 is 1.25 bits per heavy atom. The number of rotatable bonds is 2. The van der Waals surface area contributed by atoms with Gasteiger partial charge in [0.05, 0.1) is 8.60 Å². The summed E-state index contributed by atoms with van der Waals surface area (Å²) < 4.78 is 3.49. The minimum absolute atomic E-state index is 0. The van der Waals surface area contributed by atoms with Gasteiger partial charge in [-0.25, -0.2) is 0 Å². The van der Waals surface area contributed by atoms with Gasteiger partial charge in [0.1, 0.15) is 0 Å². The zero-order valence-corrected chi connectivity index (χ0v) is 8.96. The first-order valence-electron chi connectivity index (χ1n) is 1.15. The number of hydrogen-bond donors (Lipinski definition) is 3. The van der Waals surface area contributed by atoms with Gasteiger partial charge in [-0.15, -0.1) is 0 Å². The molecule has 1 atom stereocenters. The second-order valence-electron chi connectivity index (χ2n) is 0.572. The third kappa shape index (κ3) is 11.1. The first kappa shape index (κ1) is 12.9. The van der Waals surface area contributed by atoms with Crippen LogP contribution in [0.1, 0.15) is 0 Å². The largest absolute Gasteiger partial charge is 1.00 e. The minimum Gasteiger partial charge on any atom is -0.786 e. The van der Waals surface area contributed by atoms with Crippen molar-refractivity contribution in [1.29, 1.82) is 0 Å². The standard InChI is InChI=1S/K.H3O5P2/c;1-6(2)5-7(3)4/h;1-3H/q+1;-1. The maximum absolute atomic E-state index is 9.43. The van der Waals surface area contributed by atoms with Gasteiger partial charge in [0.15, 0.2) is 0 Å². The molecule has 0 aromatic heterocycles. The van der Waals surface area contributed by atoms with Crippen molar-refractivity contribution in [2.75, 3.05) is 0 Å². The zero-order valence-electron chi connectivity index (χ0n) is 4.05. The van der Waals surface area contributed by atoms with Crippen LogP contribution >= 0.6 is 17.2 Å². The molecule has 0 aliphatic carbocycles. The molecule has 44 valence electrons. The molecule has 3 N–H and O–H groups in total. The monoisotopic (exact) mass is 184 g/mol. The van der Waals surface area contributed by atoms with Gasteiger partial charge in [-0.3, -0.25) is 4.31 Å². The summed E-state index contributed by atoms with van der Waals surface area (Å²) in [6.07, 6.45) is 0. The minimum atomic E-state index is -2.86. The van der Waals surface area contributed by atoms with Crippen LogP contribution in [0, 0.1) is 0 Å². The molecule has 0 amide bonds. The second kappa shape index (κ2) is 7.40.